The zero-order valence-electron chi connectivity index (χ0n) is 20.8. The van der Waals surface area contributed by atoms with Gasteiger partial charge < -0.3 is 10.2 Å². The summed E-state index contributed by atoms with van der Waals surface area (Å²) in [4.78, 5) is 14.1. The van der Waals surface area contributed by atoms with Crippen molar-refractivity contribution in [2.24, 2.45) is 7.05 Å². The van der Waals surface area contributed by atoms with Gasteiger partial charge in [-0.2, -0.15) is 4.80 Å². The second-order valence-corrected chi connectivity index (χ2v) is 9.81. The monoisotopic (exact) mass is 480 g/mol. The van der Waals surface area contributed by atoms with E-state index in [4.69, 9.17) is 9.97 Å². The number of nitrogens with one attached hydrogen (secondary N) is 1. The van der Waals surface area contributed by atoms with Crippen LogP contribution in [0.25, 0.3) is 22.5 Å². The quantitative estimate of drug-likeness (QED) is 0.335. The fraction of sp³-hybridized carbons (Fsp3) is 0.393. The smallest absolute Gasteiger partial charge is 0.204 e. The van der Waals surface area contributed by atoms with Crippen LogP contribution in [0.15, 0.2) is 48.5 Å². The van der Waals surface area contributed by atoms with Gasteiger partial charge in [-0.3, -0.25) is 0 Å². The Kier molecular flexibility index (Phi) is 6.42. The van der Waals surface area contributed by atoms with Crippen molar-refractivity contribution < 1.29 is 0 Å². The maximum absolute atomic E-state index is 5.03. The number of benzene rings is 2. The SMILES string of the molecule is Cn1nnc(-c2ccc3c(c2)Cc2nc(Cc4ccccc4)nc(NCCCN4CCCCC4)c2-3)n1. The summed E-state index contributed by atoms with van der Waals surface area (Å²) in [6, 6.07) is 16.9. The number of hydrogen-bond donors (Lipinski definition) is 1. The molecule has 1 N–H and O–H groups in total. The summed E-state index contributed by atoms with van der Waals surface area (Å²) in [7, 11) is 1.78. The summed E-state index contributed by atoms with van der Waals surface area (Å²) in [5.41, 5.74) is 6.86. The number of tetrazole rings is 1. The highest BCUT2D eigenvalue weighted by Crippen LogP contribution is 2.41. The van der Waals surface area contributed by atoms with Gasteiger partial charge in [0.25, 0.3) is 0 Å². The third-order valence-corrected chi connectivity index (χ3v) is 7.13. The Balaban J connectivity index is 1.27. The highest BCUT2D eigenvalue weighted by Gasteiger charge is 2.26. The first-order valence-corrected chi connectivity index (χ1v) is 13.0. The molecule has 3 heterocycles. The van der Waals surface area contributed by atoms with Crippen molar-refractivity contribution in [3.63, 3.8) is 0 Å². The van der Waals surface area contributed by atoms with Crippen LogP contribution in [0.4, 0.5) is 5.82 Å². The van der Waals surface area contributed by atoms with Gasteiger partial charge in [-0.1, -0.05) is 48.9 Å². The Morgan fingerprint density at radius 1 is 0.972 bits per heavy atom. The number of piperidine rings is 1. The molecule has 184 valence electrons. The van der Waals surface area contributed by atoms with Crippen LogP contribution in [-0.4, -0.2) is 61.3 Å². The first-order valence-electron chi connectivity index (χ1n) is 13.0. The number of hydrogen-bond acceptors (Lipinski definition) is 7. The fourth-order valence-corrected chi connectivity index (χ4v) is 5.35. The zero-order chi connectivity index (χ0) is 24.3. The molecule has 4 aromatic rings. The Morgan fingerprint density at radius 3 is 2.64 bits per heavy atom. The second-order valence-electron chi connectivity index (χ2n) is 9.81. The molecule has 1 saturated heterocycles. The van der Waals surface area contributed by atoms with Crippen molar-refractivity contribution >= 4 is 5.82 Å². The van der Waals surface area contributed by atoms with Crippen LogP contribution in [0, 0.1) is 0 Å². The summed E-state index contributed by atoms with van der Waals surface area (Å²) in [5.74, 6) is 2.46. The lowest BCUT2D eigenvalue weighted by Gasteiger charge is -2.26. The molecule has 0 saturated carbocycles. The van der Waals surface area contributed by atoms with Crippen LogP contribution >= 0.6 is 0 Å². The zero-order valence-corrected chi connectivity index (χ0v) is 20.8. The second kappa shape index (κ2) is 10.1. The minimum atomic E-state index is 0.642. The van der Waals surface area contributed by atoms with Crippen molar-refractivity contribution in [3.8, 4) is 22.5 Å². The van der Waals surface area contributed by atoms with Crippen molar-refractivity contribution in [3.05, 3.63) is 71.2 Å². The molecule has 6 rings (SSSR count). The lowest BCUT2D eigenvalue weighted by molar-refractivity contribution is 0.228. The third kappa shape index (κ3) is 4.86. The summed E-state index contributed by atoms with van der Waals surface area (Å²) in [6.45, 7) is 4.52. The normalized spacial score (nSPS) is 15.0. The van der Waals surface area contributed by atoms with Gasteiger partial charge in [-0.05, 0) is 66.9 Å². The van der Waals surface area contributed by atoms with Crippen LogP contribution in [0.3, 0.4) is 0 Å². The average molecular weight is 481 g/mol. The number of nitrogens with zero attached hydrogens (tertiary/aromatic N) is 7. The van der Waals surface area contributed by atoms with Gasteiger partial charge in [0.1, 0.15) is 11.6 Å². The van der Waals surface area contributed by atoms with Gasteiger partial charge in [-0.15, -0.1) is 10.2 Å². The molecule has 0 radical (unpaired) electrons. The average Bonchev–Trinajstić information content (AvgIpc) is 3.50. The molecule has 2 aromatic heterocycles. The van der Waals surface area contributed by atoms with Crippen molar-refractivity contribution in [1.82, 2.24) is 35.1 Å². The highest BCUT2D eigenvalue weighted by molar-refractivity contribution is 5.85. The molecule has 2 aliphatic rings. The van der Waals surface area contributed by atoms with Crippen molar-refractivity contribution in [2.45, 2.75) is 38.5 Å². The number of likely N-dealkylation sites (tertiary alicyclic amines) is 1. The van der Waals surface area contributed by atoms with Gasteiger partial charge in [0.2, 0.25) is 5.82 Å². The number of anilines is 1. The number of aromatic nitrogens is 6. The molecule has 2 aromatic carbocycles. The van der Waals surface area contributed by atoms with Gasteiger partial charge in [-0.25, -0.2) is 9.97 Å². The Labute approximate surface area is 211 Å². The maximum Gasteiger partial charge on any atom is 0.204 e. The van der Waals surface area contributed by atoms with Gasteiger partial charge >= 0.3 is 0 Å². The standard InChI is InChI=1S/C28H32N8/c1-35-33-27(32-34-35)21-11-12-23-22(18-21)19-24-26(23)28(29-13-8-16-36-14-6-3-7-15-36)31-25(30-24)17-20-9-4-2-5-10-20/h2,4-5,9-12,18H,3,6-8,13-17,19H2,1H3,(H,29,30,31). The largest absolute Gasteiger partial charge is 0.369 e. The van der Waals surface area contributed by atoms with Crippen LogP contribution in [-0.2, 0) is 19.9 Å². The molecule has 0 unspecified atom stereocenters. The van der Waals surface area contributed by atoms with E-state index >= 15 is 0 Å². The van der Waals surface area contributed by atoms with Crippen molar-refractivity contribution in [1.29, 1.82) is 0 Å². The molecular formula is C28H32N8. The number of rotatable bonds is 8. The Bertz CT molecular complexity index is 1340. The van der Waals surface area contributed by atoms with E-state index in [1.54, 1.807) is 7.05 Å². The summed E-state index contributed by atoms with van der Waals surface area (Å²) in [5, 5.41) is 16.2. The lowest BCUT2D eigenvalue weighted by Crippen LogP contribution is -2.31. The van der Waals surface area contributed by atoms with E-state index in [1.807, 2.05) is 6.07 Å². The van der Waals surface area contributed by atoms with Crippen LogP contribution in [0.5, 0.6) is 0 Å². The molecule has 8 heteroatoms. The summed E-state index contributed by atoms with van der Waals surface area (Å²) >= 11 is 0. The fourth-order valence-electron chi connectivity index (χ4n) is 5.35. The van der Waals surface area contributed by atoms with E-state index in [1.165, 1.54) is 53.8 Å². The van der Waals surface area contributed by atoms with E-state index < -0.39 is 0 Å². The predicted molar refractivity (Wildman–Crippen MR) is 141 cm³/mol. The molecule has 1 aliphatic carbocycles. The minimum absolute atomic E-state index is 0.642. The molecule has 0 atom stereocenters. The van der Waals surface area contributed by atoms with E-state index in [0.717, 1.165) is 60.8 Å². The van der Waals surface area contributed by atoms with E-state index in [2.05, 4.69) is 68.1 Å². The molecule has 1 fully saturated rings. The Morgan fingerprint density at radius 2 is 1.83 bits per heavy atom. The Hall–Kier alpha value is -3.65. The first-order chi connectivity index (χ1) is 17.7. The van der Waals surface area contributed by atoms with Gasteiger partial charge in [0, 0.05) is 30.5 Å². The number of aryl methyl sites for hydroxylation is 1. The number of fused-ring (bicyclic) bond motifs is 3. The molecule has 36 heavy (non-hydrogen) atoms. The van der Waals surface area contributed by atoms with Gasteiger partial charge in [0.05, 0.1) is 12.7 Å². The van der Waals surface area contributed by atoms with Crippen molar-refractivity contribution in [2.75, 3.05) is 31.5 Å². The minimum Gasteiger partial charge on any atom is -0.369 e. The lowest BCUT2D eigenvalue weighted by atomic mass is 10.0. The van der Waals surface area contributed by atoms with E-state index in [0.29, 0.717) is 5.82 Å². The topological polar surface area (TPSA) is 84.6 Å². The molecule has 1 aliphatic heterocycles. The molecule has 8 nitrogen and oxygen atoms in total. The molecule has 0 spiro atoms. The molecule has 0 bridgehead atoms. The van der Waals surface area contributed by atoms with E-state index in [9.17, 15) is 0 Å². The van der Waals surface area contributed by atoms with Crippen LogP contribution in [0.1, 0.15) is 48.3 Å². The third-order valence-electron chi connectivity index (χ3n) is 7.13. The van der Waals surface area contributed by atoms with Crippen LogP contribution < -0.4 is 5.32 Å². The van der Waals surface area contributed by atoms with Gasteiger partial charge in [0.15, 0.2) is 0 Å². The highest BCUT2D eigenvalue weighted by atomic mass is 15.6. The first kappa shape index (κ1) is 22.8. The predicted octanol–water partition coefficient (Wildman–Crippen LogP) is 4.12. The summed E-state index contributed by atoms with van der Waals surface area (Å²) < 4.78 is 0. The maximum atomic E-state index is 5.03. The van der Waals surface area contributed by atoms with E-state index in [-0.39, 0.29) is 0 Å². The molecular weight excluding hydrogens is 448 g/mol. The summed E-state index contributed by atoms with van der Waals surface area (Å²) in [6.07, 6.45) is 6.65. The van der Waals surface area contributed by atoms with Crippen LogP contribution in [0.2, 0.25) is 0 Å². The molecule has 0 amide bonds.